The van der Waals surface area contributed by atoms with Crippen molar-refractivity contribution >= 4 is 0 Å². The molecule has 0 aliphatic carbocycles. The molecule has 2 heterocycles. The summed E-state index contributed by atoms with van der Waals surface area (Å²) in [6.45, 7) is 6.91. The summed E-state index contributed by atoms with van der Waals surface area (Å²) in [6.07, 6.45) is 6.15. The molecule has 1 atom stereocenters. The van der Waals surface area contributed by atoms with Gasteiger partial charge in [0, 0.05) is 44.6 Å². The van der Waals surface area contributed by atoms with Gasteiger partial charge in [0.15, 0.2) is 0 Å². The molecule has 3 heteroatoms. The molecule has 1 aromatic heterocycles. The second-order valence-electron chi connectivity index (χ2n) is 4.47. The minimum atomic E-state index is 0.683. The SMILES string of the molecule is CCC1CN(CCc2cccnc2)CCN1. The van der Waals surface area contributed by atoms with Crippen LogP contribution in [0, 0.1) is 0 Å². The summed E-state index contributed by atoms with van der Waals surface area (Å²) in [5.74, 6) is 0. The van der Waals surface area contributed by atoms with Gasteiger partial charge in [0.2, 0.25) is 0 Å². The van der Waals surface area contributed by atoms with Crippen LogP contribution in [-0.4, -0.2) is 42.1 Å². The van der Waals surface area contributed by atoms with Crippen LogP contribution >= 0.6 is 0 Å². The van der Waals surface area contributed by atoms with Gasteiger partial charge in [0.1, 0.15) is 0 Å². The van der Waals surface area contributed by atoms with E-state index >= 15 is 0 Å². The molecule has 1 aliphatic rings. The third-order valence-corrected chi connectivity index (χ3v) is 3.27. The molecule has 3 nitrogen and oxygen atoms in total. The Labute approximate surface area is 97.9 Å². The number of nitrogens with zero attached hydrogens (tertiary/aromatic N) is 2. The lowest BCUT2D eigenvalue weighted by atomic mass is 10.1. The minimum Gasteiger partial charge on any atom is -0.311 e. The topological polar surface area (TPSA) is 28.2 Å². The van der Waals surface area contributed by atoms with E-state index in [4.69, 9.17) is 0 Å². The number of piperazine rings is 1. The lowest BCUT2D eigenvalue weighted by Gasteiger charge is -2.33. The first-order chi connectivity index (χ1) is 7.88. The maximum atomic E-state index is 4.15. The average Bonchev–Trinajstić information content (AvgIpc) is 2.38. The van der Waals surface area contributed by atoms with Gasteiger partial charge < -0.3 is 10.2 Å². The summed E-state index contributed by atoms with van der Waals surface area (Å²) >= 11 is 0. The second-order valence-corrected chi connectivity index (χ2v) is 4.47. The fourth-order valence-corrected chi connectivity index (χ4v) is 2.20. The molecule has 1 unspecified atom stereocenters. The summed E-state index contributed by atoms with van der Waals surface area (Å²) in [5, 5.41) is 3.54. The van der Waals surface area contributed by atoms with Crippen LogP contribution in [0.5, 0.6) is 0 Å². The molecular formula is C13H21N3. The Bertz CT molecular complexity index is 299. The molecule has 2 rings (SSSR count). The molecule has 1 aliphatic heterocycles. The summed E-state index contributed by atoms with van der Waals surface area (Å²) in [7, 11) is 0. The Morgan fingerprint density at radius 3 is 3.25 bits per heavy atom. The van der Waals surface area contributed by atoms with Crippen LogP contribution in [0.3, 0.4) is 0 Å². The normalized spacial score (nSPS) is 22.2. The molecule has 1 N–H and O–H groups in total. The third-order valence-electron chi connectivity index (χ3n) is 3.27. The fraction of sp³-hybridized carbons (Fsp3) is 0.615. The van der Waals surface area contributed by atoms with Gasteiger partial charge in [-0.3, -0.25) is 4.98 Å². The quantitative estimate of drug-likeness (QED) is 0.827. The molecule has 1 aromatic rings. The number of nitrogens with one attached hydrogen (secondary N) is 1. The lowest BCUT2D eigenvalue weighted by molar-refractivity contribution is 0.199. The van der Waals surface area contributed by atoms with E-state index in [1.807, 2.05) is 18.5 Å². The van der Waals surface area contributed by atoms with Crippen LogP contribution in [0.15, 0.2) is 24.5 Å². The highest BCUT2D eigenvalue weighted by Crippen LogP contribution is 2.04. The minimum absolute atomic E-state index is 0.683. The number of rotatable bonds is 4. The van der Waals surface area contributed by atoms with Gasteiger partial charge >= 0.3 is 0 Å². The zero-order valence-corrected chi connectivity index (χ0v) is 10.0. The second kappa shape index (κ2) is 5.97. The summed E-state index contributed by atoms with van der Waals surface area (Å²) in [4.78, 5) is 6.70. The van der Waals surface area contributed by atoms with E-state index < -0.39 is 0 Å². The maximum Gasteiger partial charge on any atom is 0.0300 e. The van der Waals surface area contributed by atoms with Crippen molar-refractivity contribution in [3.63, 3.8) is 0 Å². The Balaban J connectivity index is 1.77. The largest absolute Gasteiger partial charge is 0.311 e. The van der Waals surface area contributed by atoms with Crippen LogP contribution < -0.4 is 5.32 Å². The number of aromatic nitrogens is 1. The van der Waals surface area contributed by atoms with Crippen LogP contribution in [0.4, 0.5) is 0 Å². The molecular weight excluding hydrogens is 198 g/mol. The van der Waals surface area contributed by atoms with Crippen molar-refractivity contribution in [3.05, 3.63) is 30.1 Å². The van der Waals surface area contributed by atoms with E-state index in [-0.39, 0.29) is 0 Å². The van der Waals surface area contributed by atoms with Crippen LogP contribution in [0.25, 0.3) is 0 Å². The highest BCUT2D eigenvalue weighted by atomic mass is 15.2. The lowest BCUT2D eigenvalue weighted by Crippen LogP contribution is -2.50. The molecule has 0 saturated carbocycles. The highest BCUT2D eigenvalue weighted by molar-refractivity contribution is 5.08. The van der Waals surface area contributed by atoms with Crippen molar-refractivity contribution in [3.8, 4) is 0 Å². The predicted molar refractivity (Wildman–Crippen MR) is 66.5 cm³/mol. The molecule has 88 valence electrons. The van der Waals surface area contributed by atoms with Crippen molar-refractivity contribution in [1.82, 2.24) is 15.2 Å². The smallest absolute Gasteiger partial charge is 0.0300 e. The van der Waals surface area contributed by atoms with Gasteiger partial charge in [-0.2, -0.15) is 0 Å². The van der Waals surface area contributed by atoms with Crippen LogP contribution in [-0.2, 0) is 6.42 Å². The Kier molecular flexibility index (Phi) is 4.31. The summed E-state index contributed by atoms with van der Waals surface area (Å²) in [5.41, 5.74) is 1.34. The van der Waals surface area contributed by atoms with E-state index in [9.17, 15) is 0 Å². The van der Waals surface area contributed by atoms with Crippen molar-refractivity contribution in [1.29, 1.82) is 0 Å². The standard InChI is InChI=1S/C13H21N3/c1-2-13-11-16(9-7-15-13)8-5-12-4-3-6-14-10-12/h3-4,6,10,13,15H,2,5,7-9,11H2,1H3. The summed E-state index contributed by atoms with van der Waals surface area (Å²) in [6, 6.07) is 4.86. The fourth-order valence-electron chi connectivity index (χ4n) is 2.20. The molecule has 0 spiro atoms. The van der Waals surface area contributed by atoms with Crippen LogP contribution in [0.1, 0.15) is 18.9 Å². The number of pyridine rings is 1. The Hall–Kier alpha value is -0.930. The monoisotopic (exact) mass is 219 g/mol. The number of hydrogen-bond acceptors (Lipinski definition) is 3. The molecule has 0 radical (unpaired) electrons. The van der Waals surface area contributed by atoms with E-state index in [1.54, 1.807) is 0 Å². The first-order valence-corrected chi connectivity index (χ1v) is 6.23. The van der Waals surface area contributed by atoms with Gasteiger partial charge in [-0.05, 0) is 24.5 Å². The van der Waals surface area contributed by atoms with Crippen LogP contribution in [0.2, 0.25) is 0 Å². The first kappa shape index (κ1) is 11.6. The first-order valence-electron chi connectivity index (χ1n) is 6.23. The molecule has 16 heavy (non-hydrogen) atoms. The Morgan fingerprint density at radius 2 is 2.50 bits per heavy atom. The highest BCUT2D eigenvalue weighted by Gasteiger charge is 2.16. The molecule has 0 bridgehead atoms. The molecule has 1 saturated heterocycles. The molecule has 1 fully saturated rings. The van der Waals surface area contributed by atoms with E-state index in [0.29, 0.717) is 6.04 Å². The summed E-state index contributed by atoms with van der Waals surface area (Å²) < 4.78 is 0. The van der Waals surface area contributed by atoms with Gasteiger partial charge in [0.25, 0.3) is 0 Å². The average molecular weight is 219 g/mol. The maximum absolute atomic E-state index is 4.15. The van der Waals surface area contributed by atoms with Crippen molar-refractivity contribution in [2.75, 3.05) is 26.2 Å². The van der Waals surface area contributed by atoms with Gasteiger partial charge in [0.05, 0.1) is 0 Å². The number of hydrogen-bond donors (Lipinski definition) is 1. The van der Waals surface area contributed by atoms with Gasteiger partial charge in [-0.25, -0.2) is 0 Å². The van der Waals surface area contributed by atoms with E-state index in [1.165, 1.54) is 25.1 Å². The third kappa shape index (κ3) is 3.29. The molecule has 0 aromatic carbocycles. The zero-order valence-electron chi connectivity index (χ0n) is 10.0. The van der Waals surface area contributed by atoms with Crippen molar-refractivity contribution in [2.45, 2.75) is 25.8 Å². The van der Waals surface area contributed by atoms with E-state index in [0.717, 1.165) is 19.5 Å². The zero-order chi connectivity index (χ0) is 11.2. The van der Waals surface area contributed by atoms with Crippen molar-refractivity contribution < 1.29 is 0 Å². The molecule has 0 amide bonds. The predicted octanol–water partition coefficient (Wildman–Crippen LogP) is 1.31. The van der Waals surface area contributed by atoms with Crippen molar-refractivity contribution in [2.24, 2.45) is 0 Å². The van der Waals surface area contributed by atoms with Gasteiger partial charge in [-0.15, -0.1) is 0 Å². The van der Waals surface area contributed by atoms with E-state index in [2.05, 4.69) is 28.2 Å². The Morgan fingerprint density at radius 1 is 1.56 bits per heavy atom. The van der Waals surface area contributed by atoms with Gasteiger partial charge in [-0.1, -0.05) is 13.0 Å².